The standard InChI is InChI=1S/C10H9FOS/c1-12-6-9-5-7-4-8(11)2-3-10(7)13-9/h2-5H,6H2,1H3. The molecule has 0 bridgehead atoms. The zero-order valence-electron chi connectivity index (χ0n) is 7.21. The van der Waals surface area contributed by atoms with E-state index >= 15 is 0 Å². The highest BCUT2D eigenvalue weighted by Gasteiger charge is 2.01. The number of hydrogen-bond acceptors (Lipinski definition) is 2. The number of benzene rings is 1. The lowest BCUT2D eigenvalue weighted by atomic mass is 10.2. The van der Waals surface area contributed by atoms with Gasteiger partial charge in [0.05, 0.1) is 6.61 Å². The third kappa shape index (κ3) is 1.71. The van der Waals surface area contributed by atoms with Crippen LogP contribution < -0.4 is 0 Å². The molecule has 0 aliphatic carbocycles. The molecule has 0 saturated carbocycles. The Morgan fingerprint density at radius 2 is 2.23 bits per heavy atom. The molecule has 0 N–H and O–H groups in total. The van der Waals surface area contributed by atoms with Gasteiger partial charge in [0.15, 0.2) is 0 Å². The lowest BCUT2D eigenvalue weighted by Gasteiger charge is -1.89. The fraction of sp³-hybridized carbons (Fsp3) is 0.200. The lowest BCUT2D eigenvalue weighted by molar-refractivity contribution is 0.187. The van der Waals surface area contributed by atoms with Crippen LogP contribution in [0.25, 0.3) is 10.1 Å². The molecule has 13 heavy (non-hydrogen) atoms. The molecule has 0 unspecified atom stereocenters. The predicted molar refractivity (Wildman–Crippen MR) is 52.5 cm³/mol. The maximum absolute atomic E-state index is 12.8. The van der Waals surface area contributed by atoms with Crippen LogP contribution in [-0.2, 0) is 11.3 Å². The summed E-state index contributed by atoms with van der Waals surface area (Å²) in [7, 11) is 1.66. The topological polar surface area (TPSA) is 9.23 Å². The van der Waals surface area contributed by atoms with E-state index in [1.165, 1.54) is 6.07 Å². The lowest BCUT2D eigenvalue weighted by Crippen LogP contribution is -1.79. The van der Waals surface area contributed by atoms with Gasteiger partial charge < -0.3 is 4.74 Å². The first-order valence-electron chi connectivity index (χ1n) is 3.96. The summed E-state index contributed by atoms with van der Waals surface area (Å²) >= 11 is 1.64. The number of rotatable bonds is 2. The highest BCUT2D eigenvalue weighted by Crippen LogP contribution is 2.26. The zero-order chi connectivity index (χ0) is 9.26. The summed E-state index contributed by atoms with van der Waals surface area (Å²) < 4.78 is 18.9. The van der Waals surface area contributed by atoms with Crippen LogP contribution in [0.5, 0.6) is 0 Å². The molecule has 1 aromatic heterocycles. The molecule has 0 amide bonds. The zero-order valence-corrected chi connectivity index (χ0v) is 8.03. The van der Waals surface area contributed by atoms with Crippen LogP contribution in [0.15, 0.2) is 24.3 Å². The van der Waals surface area contributed by atoms with Crippen LogP contribution in [0.1, 0.15) is 4.88 Å². The predicted octanol–water partition coefficient (Wildman–Crippen LogP) is 3.19. The minimum atomic E-state index is -0.186. The molecule has 2 rings (SSSR count). The number of methoxy groups -OCH3 is 1. The number of fused-ring (bicyclic) bond motifs is 1. The molecule has 1 heterocycles. The number of ether oxygens (including phenoxy) is 1. The van der Waals surface area contributed by atoms with Gasteiger partial charge in [0.2, 0.25) is 0 Å². The molecule has 2 aromatic rings. The summed E-state index contributed by atoms with van der Waals surface area (Å²) in [5, 5.41) is 0.956. The molecule has 0 aliphatic heterocycles. The molecular weight excluding hydrogens is 187 g/mol. The van der Waals surface area contributed by atoms with E-state index in [0.717, 1.165) is 15.0 Å². The summed E-state index contributed by atoms with van der Waals surface area (Å²) in [4.78, 5) is 1.13. The van der Waals surface area contributed by atoms with Crippen LogP contribution in [0.2, 0.25) is 0 Å². The summed E-state index contributed by atoms with van der Waals surface area (Å²) in [5.74, 6) is -0.186. The Kier molecular flexibility index (Phi) is 2.29. The van der Waals surface area contributed by atoms with Gasteiger partial charge in [-0.25, -0.2) is 4.39 Å². The van der Waals surface area contributed by atoms with Crippen molar-refractivity contribution in [2.45, 2.75) is 6.61 Å². The van der Waals surface area contributed by atoms with Crippen molar-refractivity contribution in [2.75, 3.05) is 7.11 Å². The Bertz CT molecular complexity index is 422. The fourth-order valence-electron chi connectivity index (χ4n) is 1.28. The van der Waals surface area contributed by atoms with Gasteiger partial charge in [0.25, 0.3) is 0 Å². The largest absolute Gasteiger partial charge is 0.379 e. The molecule has 68 valence electrons. The highest BCUT2D eigenvalue weighted by atomic mass is 32.1. The van der Waals surface area contributed by atoms with Crippen LogP contribution in [0.3, 0.4) is 0 Å². The highest BCUT2D eigenvalue weighted by molar-refractivity contribution is 7.19. The molecule has 1 nitrogen and oxygen atoms in total. The van der Waals surface area contributed by atoms with E-state index in [1.54, 1.807) is 30.6 Å². The van der Waals surface area contributed by atoms with Crippen molar-refractivity contribution in [1.29, 1.82) is 0 Å². The second kappa shape index (κ2) is 3.44. The van der Waals surface area contributed by atoms with Crippen molar-refractivity contribution in [3.05, 3.63) is 35.0 Å². The molecule has 0 saturated heterocycles. The first-order valence-corrected chi connectivity index (χ1v) is 4.78. The first-order chi connectivity index (χ1) is 6.29. The Morgan fingerprint density at radius 3 is 3.00 bits per heavy atom. The maximum atomic E-state index is 12.8. The smallest absolute Gasteiger partial charge is 0.123 e. The molecular formula is C10H9FOS. The third-order valence-corrected chi connectivity index (χ3v) is 2.91. The van der Waals surface area contributed by atoms with E-state index in [0.29, 0.717) is 6.61 Å². The first kappa shape index (κ1) is 8.66. The van der Waals surface area contributed by atoms with Crippen molar-refractivity contribution >= 4 is 21.4 Å². The number of halogens is 1. The quantitative estimate of drug-likeness (QED) is 0.716. The fourth-order valence-corrected chi connectivity index (χ4v) is 2.30. The maximum Gasteiger partial charge on any atom is 0.123 e. The SMILES string of the molecule is COCc1cc2cc(F)ccc2s1. The van der Waals surface area contributed by atoms with Crippen LogP contribution in [-0.4, -0.2) is 7.11 Å². The second-order valence-corrected chi connectivity index (χ2v) is 4.00. The van der Waals surface area contributed by atoms with Crippen LogP contribution >= 0.6 is 11.3 Å². The molecule has 0 spiro atoms. The van der Waals surface area contributed by atoms with Gasteiger partial charge in [-0.05, 0) is 29.7 Å². The van der Waals surface area contributed by atoms with Gasteiger partial charge >= 0.3 is 0 Å². The van der Waals surface area contributed by atoms with Gasteiger partial charge in [-0.3, -0.25) is 0 Å². The molecule has 3 heteroatoms. The van der Waals surface area contributed by atoms with Gasteiger partial charge in [-0.1, -0.05) is 0 Å². The van der Waals surface area contributed by atoms with Gasteiger partial charge in [-0.15, -0.1) is 11.3 Å². The van der Waals surface area contributed by atoms with E-state index in [-0.39, 0.29) is 5.82 Å². The summed E-state index contributed by atoms with van der Waals surface area (Å²) in [6.45, 7) is 0.598. The van der Waals surface area contributed by atoms with Crippen LogP contribution in [0, 0.1) is 5.82 Å². The number of thiophene rings is 1. The molecule has 0 radical (unpaired) electrons. The minimum absolute atomic E-state index is 0.186. The minimum Gasteiger partial charge on any atom is -0.379 e. The second-order valence-electron chi connectivity index (χ2n) is 2.83. The van der Waals surface area contributed by atoms with Gasteiger partial charge in [-0.2, -0.15) is 0 Å². The Balaban J connectivity index is 2.49. The van der Waals surface area contributed by atoms with Crippen molar-refractivity contribution < 1.29 is 9.13 Å². The normalized spacial score (nSPS) is 10.9. The summed E-state index contributed by atoms with van der Waals surface area (Å²) in [6.07, 6.45) is 0. The van der Waals surface area contributed by atoms with Gasteiger partial charge in [0.1, 0.15) is 5.82 Å². The average Bonchev–Trinajstić information content (AvgIpc) is 2.46. The monoisotopic (exact) mass is 196 g/mol. The third-order valence-electron chi connectivity index (χ3n) is 1.82. The summed E-state index contributed by atoms with van der Waals surface area (Å²) in [6, 6.07) is 6.79. The van der Waals surface area contributed by atoms with Crippen LogP contribution in [0.4, 0.5) is 4.39 Å². The molecule has 0 aliphatic rings. The van der Waals surface area contributed by atoms with E-state index in [9.17, 15) is 4.39 Å². The van der Waals surface area contributed by atoms with E-state index < -0.39 is 0 Å². The summed E-state index contributed by atoms with van der Waals surface area (Å²) in [5.41, 5.74) is 0. The molecule has 0 fully saturated rings. The Hall–Kier alpha value is -0.930. The average molecular weight is 196 g/mol. The molecule has 1 aromatic carbocycles. The van der Waals surface area contributed by atoms with Crippen molar-refractivity contribution in [1.82, 2.24) is 0 Å². The van der Waals surface area contributed by atoms with Gasteiger partial charge in [0, 0.05) is 16.7 Å². The Labute approximate surface area is 79.8 Å². The number of hydrogen-bond donors (Lipinski definition) is 0. The van der Waals surface area contributed by atoms with E-state index in [4.69, 9.17) is 4.74 Å². The van der Waals surface area contributed by atoms with Crippen molar-refractivity contribution in [3.8, 4) is 0 Å². The van der Waals surface area contributed by atoms with E-state index in [1.807, 2.05) is 6.07 Å². The van der Waals surface area contributed by atoms with Crippen molar-refractivity contribution in [2.24, 2.45) is 0 Å². The van der Waals surface area contributed by atoms with Crippen molar-refractivity contribution in [3.63, 3.8) is 0 Å². The molecule has 0 atom stereocenters. The Morgan fingerprint density at radius 1 is 1.38 bits per heavy atom. The van der Waals surface area contributed by atoms with E-state index in [2.05, 4.69) is 0 Å².